The molecule has 2 unspecified atom stereocenters. The Labute approximate surface area is 122 Å². The van der Waals surface area contributed by atoms with E-state index in [1.165, 1.54) is 19.3 Å². The minimum absolute atomic E-state index is 0.264. The average molecular weight is 280 g/mol. The molecule has 4 nitrogen and oxygen atoms in total. The molecule has 0 N–H and O–H groups in total. The van der Waals surface area contributed by atoms with E-state index in [0.717, 1.165) is 32.4 Å². The van der Waals surface area contributed by atoms with Crippen molar-refractivity contribution in [1.82, 2.24) is 9.80 Å². The van der Waals surface area contributed by atoms with E-state index in [1.807, 2.05) is 0 Å². The molecule has 1 saturated heterocycles. The molecule has 20 heavy (non-hydrogen) atoms. The van der Waals surface area contributed by atoms with Crippen molar-refractivity contribution in [2.75, 3.05) is 20.1 Å². The highest BCUT2D eigenvalue weighted by molar-refractivity contribution is 6.34. The predicted octanol–water partition coefficient (Wildman–Crippen LogP) is 2.28. The molecular weight excluding hydrogens is 252 g/mol. The van der Waals surface area contributed by atoms with Crippen molar-refractivity contribution in [3.63, 3.8) is 0 Å². The molecule has 0 aromatic heterocycles. The molecule has 0 aromatic rings. The maximum absolute atomic E-state index is 12.4. The third-order valence-electron chi connectivity index (χ3n) is 4.78. The van der Waals surface area contributed by atoms with E-state index in [-0.39, 0.29) is 17.9 Å². The summed E-state index contributed by atoms with van der Waals surface area (Å²) in [7, 11) is 1.80. The number of hydrogen-bond acceptors (Lipinski definition) is 2. The summed E-state index contributed by atoms with van der Waals surface area (Å²) in [5.41, 5.74) is 0. The molecule has 2 rings (SSSR count). The molecule has 0 spiro atoms. The van der Waals surface area contributed by atoms with Crippen LogP contribution in [0, 0.1) is 11.8 Å². The van der Waals surface area contributed by atoms with Crippen molar-refractivity contribution in [2.45, 2.75) is 58.4 Å². The van der Waals surface area contributed by atoms with Crippen molar-refractivity contribution in [3.8, 4) is 0 Å². The summed E-state index contributed by atoms with van der Waals surface area (Å²) < 4.78 is 0. The van der Waals surface area contributed by atoms with Crippen LogP contribution in [0.15, 0.2) is 0 Å². The Morgan fingerprint density at radius 3 is 2.10 bits per heavy atom. The van der Waals surface area contributed by atoms with E-state index in [1.54, 1.807) is 16.8 Å². The van der Waals surface area contributed by atoms with Crippen LogP contribution < -0.4 is 0 Å². The molecule has 4 heteroatoms. The summed E-state index contributed by atoms with van der Waals surface area (Å²) in [6, 6.07) is 0.264. The molecule has 2 amide bonds. The van der Waals surface area contributed by atoms with Crippen LogP contribution in [0.1, 0.15) is 52.4 Å². The van der Waals surface area contributed by atoms with E-state index >= 15 is 0 Å². The van der Waals surface area contributed by atoms with Crippen molar-refractivity contribution in [2.24, 2.45) is 11.8 Å². The summed E-state index contributed by atoms with van der Waals surface area (Å²) in [5.74, 6) is 0.389. The van der Waals surface area contributed by atoms with Crippen molar-refractivity contribution in [1.29, 1.82) is 0 Å². The molecule has 0 bridgehead atoms. The fourth-order valence-electron chi connectivity index (χ4n) is 3.75. The molecule has 0 radical (unpaired) electrons. The standard InChI is InChI=1S/C16H28N2O2/c1-12-9-13(2)11-18(10-12)16(20)15(19)17(3)14-7-5-4-6-8-14/h12-14H,4-11H2,1-3H3. The lowest BCUT2D eigenvalue weighted by atomic mass is 9.91. The van der Waals surface area contributed by atoms with Crippen LogP contribution in [-0.4, -0.2) is 47.8 Å². The van der Waals surface area contributed by atoms with Gasteiger partial charge in [-0.1, -0.05) is 33.1 Å². The van der Waals surface area contributed by atoms with Gasteiger partial charge in [-0.25, -0.2) is 0 Å². The molecular formula is C16H28N2O2. The second kappa shape index (κ2) is 6.59. The number of carbonyl (C=O) groups is 2. The molecule has 0 aromatic carbocycles. The Hall–Kier alpha value is -1.06. The molecule has 2 atom stereocenters. The van der Waals surface area contributed by atoms with E-state index < -0.39 is 0 Å². The maximum Gasteiger partial charge on any atom is 0.312 e. The Morgan fingerprint density at radius 1 is 1.00 bits per heavy atom. The summed E-state index contributed by atoms with van der Waals surface area (Å²) in [4.78, 5) is 28.3. The van der Waals surface area contributed by atoms with E-state index in [4.69, 9.17) is 0 Å². The molecule has 2 fully saturated rings. The third kappa shape index (κ3) is 3.53. The van der Waals surface area contributed by atoms with Crippen LogP contribution >= 0.6 is 0 Å². The Bertz CT molecular complexity index is 353. The van der Waals surface area contributed by atoms with Gasteiger partial charge in [0.25, 0.3) is 0 Å². The highest BCUT2D eigenvalue weighted by Gasteiger charge is 2.33. The normalized spacial score (nSPS) is 28.2. The van der Waals surface area contributed by atoms with Gasteiger partial charge in [0.1, 0.15) is 0 Å². The molecule has 2 aliphatic rings. The fourth-order valence-corrected chi connectivity index (χ4v) is 3.75. The van der Waals surface area contributed by atoms with Crippen LogP contribution in [-0.2, 0) is 9.59 Å². The number of amides is 2. The number of piperidine rings is 1. The second-order valence-corrected chi connectivity index (χ2v) is 6.86. The van der Waals surface area contributed by atoms with E-state index in [2.05, 4.69) is 13.8 Å². The SMILES string of the molecule is CC1CC(C)CN(C(=O)C(=O)N(C)C2CCCCC2)C1. The van der Waals surface area contributed by atoms with Gasteiger partial charge in [-0.2, -0.15) is 0 Å². The van der Waals surface area contributed by atoms with Gasteiger partial charge in [0, 0.05) is 26.2 Å². The van der Waals surface area contributed by atoms with Crippen molar-refractivity contribution in [3.05, 3.63) is 0 Å². The first kappa shape index (κ1) is 15.3. The van der Waals surface area contributed by atoms with Crippen LogP contribution in [0.5, 0.6) is 0 Å². The van der Waals surface area contributed by atoms with E-state index in [0.29, 0.717) is 11.8 Å². The summed E-state index contributed by atoms with van der Waals surface area (Å²) in [6.07, 6.45) is 6.84. The third-order valence-corrected chi connectivity index (χ3v) is 4.78. The van der Waals surface area contributed by atoms with E-state index in [9.17, 15) is 9.59 Å². The van der Waals surface area contributed by atoms with Gasteiger partial charge in [-0.05, 0) is 31.1 Å². The largest absolute Gasteiger partial charge is 0.335 e. The highest BCUT2D eigenvalue weighted by atomic mass is 16.2. The Morgan fingerprint density at radius 2 is 1.55 bits per heavy atom. The van der Waals surface area contributed by atoms with Crippen LogP contribution in [0.3, 0.4) is 0 Å². The van der Waals surface area contributed by atoms with Gasteiger partial charge < -0.3 is 9.80 Å². The lowest BCUT2D eigenvalue weighted by Gasteiger charge is -2.37. The van der Waals surface area contributed by atoms with Crippen LogP contribution in [0.2, 0.25) is 0 Å². The first-order chi connectivity index (χ1) is 9.49. The number of likely N-dealkylation sites (N-methyl/N-ethyl adjacent to an activating group) is 1. The summed E-state index contributed by atoms with van der Waals surface area (Å²) >= 11 is 0. The highest BCUT2D eigenvalue weighted by Crippen LogP contribution is 2.24. The topological polar surface area (TPSA) is 40.6 Å². The van der Waals surface area contributed by atoms with Crippen LogP contribution in [0.4, 0.5) is 0 Å². The molecule has 114 valence electrons. The maximum atomic E-state index is 12.4. The summed E-state index contributed by atoms with van der Waals surface area (Å²) in [5, 5.41) is 0. The molecule has 1 aliphatic heterocycles. The second-order valence-electron chi connectivity index (χ2n) is 6.86. The number of nitrogens with zero attached hydrogens (tertiary/aromatic N) is 2. The first-order valence-electron chi connectivity index (χ1n) is 8.05. The zero-order chi connectivity index (χ0) is 14.7. The Balaban J connectivity index is 1.95. The van der Waals surface area contributed by atoms with Crippen molar-refractivity contribution < 1.29 is 9.59 Å². The summed E-state index contributed by atoms with van der Waals surface area (Å²) in [6.45, 7) is 5.78. The van der Waals surface area contributed by atoms with Gasteiger partial charge >= 0.3 is 11.8 Å². The van der Waals surface area contributed by atoms with Crippen LogP contribution in [0.25, 0.3) is 0 Å². The van der Waals surface area contributed by atoms with Gasteiger partial charge in [0.05, 0.1) is 0 Å². The number of carbonyl (C=O) groups excluding carboxylic acids is 2. The fraction of sp³-hybridized carbons (Fsp3) is 0.875. The van der Waals surface area contributed by atoms with Gasteiger partial charge in [-0.3, -0.25) is 9.59 Å². The average Bonchev–Trinajstić information content (AvgIpc) is 2.45. The first-order valence-corrected chi connectivity index (χ1v) is 8.05. The minimum atomic E-state index is -0.307. The smallest absolute Gasteiger partial charge is 0.312 e. The number of hydrogen-bond donors (Lipinski definition) is 0. The Kier molecular flexibility index (Phi) is 5.06. The number of likely N-dealkylation sites (tertiary alicyclic amines) is 1. The number of rotatable bonds is 1. The lowest BCUT2D eigenvalue weighted by molar-refractivity contribution is -0.154. The van der Waals surface area contributed by atoms with Crippen molar-refractivity contribution >= 4 is 11.8 Å². The lowest BCUT2D eigenvalue weighted by Crippen LogP contribution is -2.51. The van der Waals surface area contributed by atoms with Gasteiger partial charge in [0.2, 0.25) is 0 Å². The molecule has 1 saturated carbocycles. The minimum Gasteiger partial charge on any atom is -0.335 e. The zero-order valence-electron chi connectivity index (χ0n) is 13.1. The monoisotopic (exact) mass is 280 g/mol. The quantitative estimate of drug-likeness (QED) is 0.691. The predicted molar refractivity (Wildman–Crippen MR) is 79.2 cm³/mol. The zero-order valence-corrected chi connectivity index (χ0v) is 13.1. The van der Waals surface area contributed by atoms with Gasteiger partial charge in [0.15, 0.2) is 0 Å². The molecule has 1 heterocycles. The molecule has 1 aliphatic carbocycles. The van der Waals surface area contributed by atoms with Gasteiger partial charge in [-0.15, -0.1) is 0 Å².